The summed E-state index contributed by atoms with van der Waals surface area (Å²) in [5.74, 6) is -2.17. The Balaban J connectivity index is 1.63. The third-order valence-electron chi connectivity index (χ3n) is 7.16. The fraction of sp³-hybridized carbons (Fsp3) is 0.303. The smallest absolute Gasteiger partial charge is 0.326 e. The Kier molecular flexibility index (Phi) is 11.5. The second-order valence-electron chi connectivity index (χ2n) is 10.5. The lowest BCUT2D eigenvalue weighted by molar-refractivity contribution is -0.139. The molecule has 0 radical (unpaired) electrons. The maximum absolute atomic E-state index is 14.0. The Morgan fingerprint density at radius 2 is 1.77 bits per heavy atom. The number of nitrogens with one attached hydrogen (secondary N) is 1. The number of carbonyl (C=O) groups excluding carboxylic acids is 1. The largest absolute Gasteiger partial charge is 0.480 e. The molecule has 1 heterocycles. The molecule has 0 aliphatic carbocycles. The van der Waals surface area contributed by atoms with E-state index in [9.17, 15) is 23.5 Å². The minimum atomic E-state index is -1.07. The van der Waals surface area contributed by atoms with Gasteiger partial charge in [0.25, 0.3) is 5.91 Å². The standard InChI is InChI=1S/C33H36F2N4O3S/c1-23-6-3-4-7-28(23)30-18-24(8-9-29(30)32(40)37-31(33(41)42)10-15-43-2)20-39(13-5-12-38-14-11-36-22-38)21-25-16-26(34)19-27(35)17-25/h3-4,6-9,11,14,16-19,22,31H,5,10,12-13,15,20-21H2,1-2H3,(H,37,40)(H,41,42). The van der Waals surface area contributed by atoms with Gasteiger partial charge in [0.1, 0.15) is 17.7 Å². The van der Waals surface area contributed by atoms with Crippen LogP contribution in [0.15, 0.2) is 79.4 Å². The molecule has 2 N–H and O–H groups in total. The van der Waals surface area contributed by atoms with E-state index in [1.54, 1.807) is 18.6 Å². The van der Waals surface area contributed by atoms with Crippen LogP contribution in [-0.4, -0.2) is 56.0 Å². The highest BCUT2D eigenvalue weighted by Crippen LogP contribution is 2.29. The number of nitrogens with zero attached hydrogens (tertiary/aromatic N) is 3. The number of aliphatic carboxylic acids is 1. The number of carboxylic acid groups (broad SMARTS) is 1. The molecule has 0 spiro atoms. The van der Waals surface area contributed by atoms with Crippen LogP contribution in [0.1, 0.15) is 39.9 Å². The van der Waals surface area contributed by atoms with Gasteiger partial charge in [0.15, 0.2) is 0 Å². The molecule has 1 aromatic heterocycles. The van der Waals surface area contributed by atoms with E-state index in [1.165, 1.54) is 23.9 Å². The van der Waals surface area contributed by atoms with Gasteiger partial charge in [-0.3, -0.25) is 9.69 Å². The van der Waals surface area contributed by atoms with Crippen molar-refractivity contribution in [3.8, 4) is 11.1 Å². The van der Waals surface area contributed by atoms with E-state index < -0.39 is 29.6 Å². The Labute approximate surface area is 255 Å². The molecular formula is C33H36F2N4O3S. The molecule has 0 bridgehead atoms. The number of benzene rings is 3. The summed E-state index contributed by atoms with van der Waals surface area (Å²) in [6.45, 7) is 4.14. The van der Waals surface area contributed by atoms with Crippen molar-refractivity contribution in [1.29, 1.82) is 0 Å². The summed E-state index contributed by atoms with van der Waals surface area (Å²) >= 11 is 1.52. The maximum Gasteiger partial charge on any atom is 0.326 e. The molecule has 1 unspecified atom stereocenters. The van der Waals surface area contributed by atoms with Crippen LogP contribution >= 0.6 is 11.8 Å². The number of halogens is 2. The van der Waals surface area contributed by atoms with Gasteiger partial charge in [0.2, 0.25) is 0 Å². The number of aryl methyl sites for hydroxylation is 2. The quantitative estimate of drug-likeness (QED) is 0.168. The molecule has 7 nitrogen and oxygen atoms in total. The van der Waals surface area contributed by atoms with E-state index >= 15 is 0 Å². The van der Waals surface area contributed by atoms with E-state index in [0.29, 0.717) is 48.5 Å². The van der Waals surface area contributed by atoms with Gasteiger partial charge in [-0.2, -0.15) is 11.8 Å². The van der Waals surface area contributed by atoms with Crippen molar-refractivity contribution >= 4 is 23.6 Å². The summed E-state index contributed by atoms with van der Waals surface area (Å²) in [7, 11) is 0. The number of hydrogen-bond donors (Lipinski definition) is 2. The lowest BCUT2D eigenvalue weighted by Gasteiger charge is -2.24. The molecule has 1 atom stereocenters. The number of carboxylic acids is 1. The van der Waals surface area contributed by atoms with Crippen molar-refractivity contribution < 1.29 is 23.5 Å². The molecule has 1 amide bonds. The molecule has 0 saturated heterocycles. The van der Waals surface area contributed by atoms with E-state index in [4.69, 9.17) is 0 Å². The Morgan fingerprint density at radius 3 is 2.44 bits per heavy atom. The molecule has 4 aromatic rings. The number of rotatable bonds is 15. The van der Waals surface area contributed by atoms with Crippen molar-refractivity contribution in [2.24, 2.45) is 0 Å². The van der Waals surface area contributed by atoms with E-state index in [0.717, 1.165) is 35.7 Å². The normalized spacial score (nSPS) is 11.9. The van der Waals surface area contributed by atoms with Gasteiger partial charge in [0.05, 0.1) is 6.33 Å². The van der Waals surface area contributed by atoms with E-state index in [2.05, 4.69) is 15.2 Å². The molecule has 4 rings (SSSR count). The number of hydrogen-bond acceptors (Lipinski definition) is 5. The van der Waals surface area contributed by atoms with Gasteiger partial charge in [-0.05, 0) is 83.9 Å². The van der Waals surface area contributed by atoms with Crippen molar-refractivity contribution in [3.63, 3.8) is 0 Å². The summed E-state index contributed by atoms with van der Waals surface area (Å²) in [6.07, 6.45) is 8.35. The number of aromatic nitrogens is 2. The number of thioether (sulfide) groups is 1. The summed E-state index contributed by atoms with van der Waals surface area (Å²) in [4.78, 5) is 31.5. The first-order chi connectivity index (χ1) is 20.7. The first-order valence-electron chi connectivity index (χ1n) is 14.1. The van der Waals surface area contributed by atoms with Gasteiger partial charge in [-0.1, -0.05) is 30.3 Å². The molecule has 226 valence electrons. The fourth-order valence-electron chi connectivity index (χ4n) is 5.04. The summed E-state index contributed by atoms with van der Waals surface area (Å²) in [6, 6.07) is 15.8. The highest BCUT2D eigenvalue weighted by atomic mass is 32.2. The topological polar surface area (TPSA) is 87.5 Å². The predicted molar refractivity (Wildman–Crippen MR) is 166 cm³/mol. The van der Waals surface area contributed by atoms with Crippen molar-refractivity contribution in [3.05, 3.63) is 113 Å². The van der Waals surface area contributed by atoms with Gasteiger partial charge in [-0.25, -0.2) is 18.6 Å². The minimum Gasteiger partial charge on any atom is -0.480 e. The van der Waals surface area contributed by atoms with Crippen LogP contribution in [-0.2, 0) is 24.4 Å². The van der Waals surface area contributed by atoms with Crippen LogP contribution in [0.5, 0.6) is 0 Å². The number of imidazole rings is 1. The van der Waals surface area contributed by atoms with E-state index in [1.807, 2.05) is 60.3 Å². The molecular weight excluding hydrogens is 570 g/mol. The molecule has 3 aromatic carbocycles. The molecule has 0 aliphatic rings. The first kappa shape index (κ1) is 31.9. The SMILES string of the molecule is CSCCC(NC(=O)c1ccc(CN(CCCn2ccnc2)Cc2cc(F)cc(F)c2)cc1-c1ccccc1C)C(=O)O. The molecule has 43 heavy (non-hydrogen) atoms. The van der Waals surface area contributed by atoms with Crippen LogP contribution < -0.4 is 5.32 Å². The maximum atomic E-state index is 14.0. The Morgan fingerprint density at radius 1 is 1.02 bits per heavy atom. The zero-order valence-corrected chi connectivity index (χ0v) is 25.1. The third kappa shape index (κ3) is 9.23. The van der Waals surface area contributed by atoms with Crippen LogP contribution in [0.3, 0.4) is 0 Å². The molecule has 0 aliphatic heterocycles. The van der Waals surface area contributed by atoms with E-state index in [-0.39, 0.29) is 0 Å². The molecule has 0 fully saturated rings. The van der Waals surface area contributed by atoms with Crippen LogP contribution in [0, 0.1) is 18.6 Å². The van der Waals surface area contributed by atoms with Gasteiger partial charge >= 0.3 is 5.97 Å². The number of carbonyl (C=O) groups is 2. The zero-order chi connectivity index (χ0) is 30.8. The van der Waals surface area contributed by atoms with Gasteiger partial charge in [-0.15, -0.1) is 0 Å². The number of amides is 1. The average Bonchev–Trinajstić information content (AvgIpc) is 3.48. The second kappa shape index (κ2) is 15.5. The van der Waals surface area contributed by atoms with Gasteiger partial charge in [0, 0.05) is 50.2 Å². The second-order valence-corrected chi connectivity index (χ2v) is 11.5. The summed E-state index contributed by atoms with van der Waals surface area (Å²) in [5.41, 5.74) is 4.35. The minimum absolute atomic E-state index is 0.314. The highest BCUT2D eigenvalue weighted by Gasteiger charge is 2.23. The summed E-state index contributed by atoms with van der Waals surface area (Å²) < 4.78 is 30.0. The first-order valence-corrected chi connectivity index (χ1v) is 15.5. The van der Waals surface area contributed by atoms with Crippen LogP contribution in [0.25, 0.3) is 11.1 Å². The Hall–Kier alpha value is -4.02. The molecule has 10 heteroatoms. The summed E-state index contributed by atoms with van der Waals surface area (Å²) in [5, 5.41) is 12.4. The predicted octanol–water partition coefficient (Wildman–Crippen LogP) is 6.17. The monoisotopic (exact) mass is 606 g/mol. The lowest BCUT2D eigenvalue weighted by atomic mass is 9.93. The average molecular weight is 607 g/mol. The van der Waals surface area contributed by atoms with Crippen molar-refractivity contribution in [2.75, 3.05) is 18.6 Å². The zero-order valence-electron chi connectivity index (χ0n) is 24.3. The third-order valence-corrected chi connectivity index (χ3v) is 7.81. The van der Waals surface area contributed by atoms with Crippen molar-refractivity contribution in [2.45, 2.75) is 45.4 Å². The van der Waals surface area contributed by atoms with Crippen LogP contribution in [0.4, 0.5) is 8.78 Å². The van der Waals surface area contributed by atoms with Gasteiger partial charge < -0.3 is 15.0 Å². The Bertz CT molecular complexity index is 1510. The highest BCUT2D eigenvalue weighted by molar-refractivity contribution is 7.98. The fourth-order valence-corrected chi connectivity index (χ4v) is 5.51. The lowest BCUT2D eigenvalue weighted by Crippen LogP contribution is -2.41. The van der Waals surface area contributed by atoms with Crippen molar-refractivity contribution in [1.82, 2.24) is 19.8 Å². The van der Waals surface area contributed by atoms with Crippen LogP contribution in [0.2, 0.25) is 0 Å². The molecule has 0 saturated carbocycles.